The van der Waals surface area contributed by atoms with Gasteiger partial charge in [0.2, 0.25) is 5.91 Å². The van der Waals surface area contributed by atoms with E-state index < -0.39 is 5.60 Å². The number of carbonyl (C=O) groups is 1. The fourth-order valence-corrected chi connectivity index (χ4v) is 2.44. The molecule has 100 valence electrons. The molecule has 0 heterocycles. The molecule has 0 aromatic heterocycles. The number of nitrogens with one attached hydrogen (secondary N) is 1. The van der Waals surface area contributed by atoms with Crippen LogP contribution in [0.15, 0.2) is 0 Å². The molecule has 4 heteroatoms. The van der Waals surface area contributed by atoms with E-state index in [9.17, 15) is 9.90 Å². The molecule has 1 amide bonds. The van der Waals surface area contributed by atoms with Crippen LogP contribution in [0.2, 0.25) is 0 Å². The van der Waals surface area contributed by atoms with Crippen molar-refractivity contribution in [1.29, 1.82) is 0 Å². The van der Waals surface area contributed by atoms with Gasteiger partial charge in [0.25, 0.3) is 0 Å². The van der Waals surface area contributed by atoms with Gasteiger partial charge in [-0.05, 0) is 37.5 Å². The van der Waals surface area contributed by atoms with E-state index in [1.807, 2.05) is 13.8 Å². The smallest absolute Gasteiger partial charge is 0.234 e. The van der Waals surface area contributed by atoms with Gasteiger partial charge in [-0.15, -0.1) is 0 Å². The second-order valence-electron chi connectivity index (χ2n) is 5.91. The second-order valence-corrected chi connectivity index (χ2v) is 5.91. The van der Waals surface area contributed by atoms with Crippen molar-refractivity contribution in [1.82, 2.24) is 5.32 Å². The Kier molecular flexibility index (Phi) is 4.95. The molecule has 0 aromatic carbocycles. The van der Waals surface area contributed by atoms with Crippen molar-refractivity contribution in [3.8, 4) is 0 Å². The third kappa shape index (κ3) is 4.28. The van der Waals surface area contributed by atoms with Gasteiger partial charge < -0.3 is 16.2 Å². The Morgan fingerprint density at radius 2 is 2.00 bits per heavy atom. The number of rotatable bonds is 5. The Labute approximate surface area is 104 Å². The highest BCUT2D eigenvalue weighted by Crippen LogP contribution is 2.31. The third-order valence-corrected chi connectivity index (χ3v) is 3.83. The molecule has 1 fully saturated rings. The average Bonchev–Trinajstić information content (AvgIpc) is 2.22. The molecular weight excluding hydrogens is 216 g/mol. The first-order valence-electron chi connectivity index (χ1n) is 6.59. The van der Waals surface area contributed by atoms with Crippen LogP contribution in [0, 0.1) is 11.8 Å². The quantitative estimate of drug-likeness (QED) is 0.674. The summed E-state index contributed by atoms with van der Waals surface area (Å²) < 4.78 is 0. The van der Waals surface area contributed by atoms with Crippen molar-refractivity contribution in [2.75, 3.05) is 6.54 Å². The van der Waals surface area contributed by atoms with Crippen molar-refractivity contribution < 1.29 is 9.90 Å². The van der Waals surface area contributed by atoms with Crippen LogP contribution in [-0.2, 0) is 4.79 Å². The standard InChI is InChI=1S/C13H26N2O2/c1-9(2)11(12(14)16)15-8-13(17)6-4-10(3)5-7-13/h9-11,15,17H,4-8H2,1-3H3,(H2,14,16). The van der Waals surface area contributed by atoms with Crippen molar-refractivity contribution in [3.05, 3.63) is 0 Å². The summed E-state index contributed by atoms with van der Waals surface area (Å²) >= 11 is 0. The number of aliphatic hydroxyl groups is 1. The fraction of sp³-hybridized carbons (Fsp3) is 0.923. The predicted molar refractivity (Wildman–Crippen MR) is 68.4 cm³/mol. The topological polar surface area (TPSA) is 75.3 Å². The van der Waals surface area contributed by atoms with Gasteiger partial charge in [0.15, 0.2) is 0 Å². The molecular formula is C13H26N2O2. The number of nitrogens with two attached hydrogens (primary N) is 1. The summed E-state index contributed by atoms with van der Waals surface area (Å²) in [6.45, 7) is 6.59. The molecule has 0 aliphatic heterocycles. The van der Waals surface area contributed by atoms with Crippen LogP contribution < -0.4 is 11.1 Å². The van der Waals surface area contributed by atoms with Crippen molar-refractivity contribution >= 4 is 5.91 Å². The number of hydrogen-bond acceptors (Lipinski definition) is 3. The van der Waals surface area contributed by atoms with Gasteiger partial charge in [-0.3, -0.25) is 4.79 Å². The summed E-state index contributed by atoms with van der Waals surface area (Å²) in [7, 11) is 0. The maximum atomic E-state index is 11.2. The predicted octanol–water partition coefficient (Wildman–Crippen LogP) is 1.03. The molecule has 4 nitrogen and oxygen atoms in total. The molecule has 17 heavy (non-hydrogen) atoms. The zero-order valence-corrected chi connectivity index (χ0v) is 11.2. The Morgan fingerprint density at radius 1 is 1.47 bits per heavy atom. The van der Waals surface area contributed by atoms with E-state index in [-0.39, 0.29) is 17.9 Å². The van der Waals surface area contributed by atoms with Crippen LogP contribution in [0.3, 0.4) is 0 Å². The largest absolute Gasteiger partial charge is 0.389 e. The van der Waals surface area contributed by atoms with Gasteiger partial charge in [-0.1, -0.05) is 20.8 Å². The van der Waals surface area contributed by atoms with E-state index in [2.05, 4.69) is 12.2 Å². The zero-order valence-electron chi connectivity index (χ0n) is 11.2. The third-order valence-electron chi connectivity index (χ3n) is 3.83. The van der Waals surface area contributed by atoms with Gasteiger partial charge in [-0.25, -0.2) is 0 Å². The molecule has 0 saturated heterocycles. The van der Waals surface area contributed by atoms with E-state index in [1.165, 1.54) is 0 Å². The van der Waals surface area contributed by atoms with E-state index in [0.29, 0.717) is 12.5 Å². The number of amides is 1. The normalized spacial score (nSPS) is 31.5. The number of hydrogen-bond donors (Lipinski definition) is 3. The first kappa shape index (κ1) is 14.5. The minimum absolute atomic E-state index is 0.151. The minimum Gasteiger partial charge on any atom is -0.389 e. The molecule has 1 unspecified atom stereocenters. The molecule has 1 atom stereocenters. The number of primary amides is 1. The average molecular weight is 242 g/mol. The second kappa shape index (κ2) is 5.83. The van der Waals surface area contributed by atoms with E-state index in [0.717, 1.165) is 25.7 Å². The van der Waals surface area contributed by atoms with Crippen LogP contribution in [0.25, 0.3) is 0 Å². The number of carbonyl (C=O) groups excluding carboxylic acids is 1. The maximum Gasteiger partial charge on any atom is 0.234 e. The lowest BCUT2D eigenvalue weighted by atomic mass is 9.79. The highest BCUT2D eigenvalue weighted by Gasteiger charge is 2.33. The minimum atomic E-state index is -0.658. The summed E-state index contributed by atoms with van der Waals surface area (Å²) in [4.78, 5) is 11.2. The Balaban J connectivity index is 2.45. The summed E-state index contributed by atoms with van der Waals surface area (Å²) in [5.41, 5.74) is 4.68. The van der Waals surface area contributed by atoms with E-state index in [1.54, 1.807) is 0 Å². The maximum absolute atomic E-state index is 11.2. The van der Waals surface area contributed by atoms with Crippen molar-refractivity contribution in [3.63, 3.8) is 0 Å². The first-order valence-corrected chi connectivity index (χ1v) is 6.59. The summed E-state index contributed by atoms with van der Waals surface area (Å²) in [5, 5.41) is 13.5. The Bertz CT molecular complexity index is 258. The van der Waals surface area contributed by atoms with Gasteiger partial charge in [0, 0.05) is 6.54 Å². The molecule has 1 rings (SSSR count). The molecule has 0 spiro atoms. The van der Waals surface area contributed by atoms with Crippen LogP contribution >= 0.6 is 0 Å². The lowest BCUT2D eigenvalue weighted by Gasteiger charge is -2.36. The SMILES string of the molecule is CC1CCC(O)(CNC(C(N)=O)C(C)C)CC1. The molecule has 1 saturated carbocycles. The van der Waals surface area contributed by atoms with Crippen molar-refractivity contribution in [2.24, 2.45) is 17.6 Å². The highest BCUT2D eigenvalue weighted by atomic mass is 16.3. The lowest BCUT2D eigenvalue weighted by molar-refractivity contribution is -0.121. The lowest BCUT2D eigenvalue weighted by Crippen LogP contribution is -2.52. The molecule has 1 aliphatic carbocycles. The summed E-state index contributed by atoms with van der Waals surface area (Å²) in [5.74, 6) is 0.513. The molecule has 1 aliphatic rings. The van der Waals surface area contributed by atoms with Crippen LogP contribution in [0.1, 0.15) is 46.5 Å². The molecule has 0 radical (unpaired) electrons. The van der Waals surface area contributed by atoms with E-state index >= 15 is 0 Å². The zero-order chi connectivity index (χ0) is 13.1. The van der Waals surface area contributed by atoms with Gasteiger partial charge in [-0.2, -0.15) is 0 Å². The molecule has 4 N–H and O–H groups in total. The summed E-state index contributed by atoms with van der Waals surface area (Å²) in [6.07, 6.45) is 3.73. The Morgan fingerprint density at radius 3 is 2.41 bits per heavy atom. The Hall–Kier alpha value is -0.610. The van der Waals surface area contributed by atoms with Crippen LogP contribution in [-0.4, -0.2) is 29.2 Å². The summed E-state index contributed by atoms with van der Waals surface area (Å²) in [6, 6.07) is -0.349. The highest BCUT2D eigenvalue weighted by molar-refractivity contribution is 5.80. The van der Waals surface area contributed by atoms with Gasteiger partial charge in [0.1, 0.15) is 0 Å². The van der Waals surface area contributed by atoms with Crippen molar-refractivity contribution in [2.45, 2.75) is 58.1 Å². The molecule has 0 aromatic rings. The van der Waals surface area contributed by atoms with Crippen LogP contribution in [0.5, 0.6) is 0 Å². The molecule has 0 bridgehead atoms. The van der Waals surface area contributed by atoms with Gasteiger partial charge in [0.05, 0.1) is 11.6 Å². The van der Waals surface area contributed by atoms with Crippen LogP contribution in [0.4, 0.5) is 0 Å². The first-order chi connectivity index (χ1) is 7.84. The van der Waals surface area contributed by atoms with Gasteiger partial charge >= 0.3 is 0 Å². The fourth-order valence-electron chi connectivity index (χ4n) is 2.44. The monoisotopic (exact) mass is 242 g/mol. The van der Waals surface area contributed by atoms with E-state index in [4.69, 9.17) is 5.73 Å².